The maximum absolute atomic E-state index is 6.45. The minimum atomic E-state index is -0.234. The van der Waals surface area contributed by atoms with Crippen LogP contribution < -0.4 is 0 Å². The van der Waals surface area contributed by atoms with Gasteiger partial charge < -0.3 is 4.42 Å². The lowest BCUT2D eigenvalue weighted by Gasteiger charge is -2.27. The Labute approximate surface area is 312 Å². The van der Waals surface area contributed by atoms with E-state index in [1.54, 1.807) is 0 Å². The number of benzene rings is 10. The van der Waals surface area contributed by atoms with Crippen molar-refractivity contribution in [3.05, 3.63) is 181 Å². The summed E-state index contributed by atoms with van der Waals surface area (Å²) < 4.78 is 6.45. The average Bonchev–Trinajstić information content (AvgIpc) is 3.72. The van der Waals surface area contributed by atoms with Crippen molar-refractivity contribution in [3.63, 3.8) is 0 Å². The lowest BCUT2D eigenvalue weighted by molar-refractivity contribution is 0.668. The van der Waals surface area contributed by atoms with Crippen molar-refractivity contribution in [2.75, 3.05) is 0 Å². The molecule has 0 N–H and O–H groups in total. The van der Waals surface area contributed by atoms with E-state index < -0.39 is 0 Å². The first-order chi connectivity index (χ1) is 26.6. The molecule has 0 spiro atoms. The summed E-state index contributed by atoms with van der Waals surface area (Å²) in [7, 11) is 0. The van der Waals surface area contributed by atoms with Crippen molar-refractivity contribution >= 4 is 75.8 Å². The maximum Gasteiger partial charge on any atom is 0.136 e. The van der Waals surface area contributed by atoms with Crippen LogP contribution in [0.5, 0.6) is 0 Å². The van der Waals surface area contributed by atoms with Gasteiger partial charge in [0.15, 0.2) is 0 Å². The highest BCUT2D eigenvalue weighted by atomic mass is 16.3. The molecule has 12 rings (SSSR count). The molecule has 1 heteroatoms. The zero-order valence-corrected chi connectivity index (χ0v) is 30.1. The highest BCUT2D eigenvalue weighted by molar-refractivity contribution is 6.25. The van der Waals surface area contributed by atoms with Gasteiger partial charge in [0, 0.05) is 16.2 Å². The largest absolute Gasteiger partial charge is 0.456 e. The summed E-state index contributed by atoms with van der Waals surface area (Å²) in [5, 5.41) is 15.1. The Hall–Kier alpha value is -6.70. The van der Waals surface area contributed by atoms with Gasteiger partial charge in [0.05, 0.1) is 0 Å². The number of hydrogen-bond acceptors (Lipinski definition) is 1. The standard InChI is InChI=1S/C53H34O/c1-53(2)51-42(24-13-25-43(51)50-36-18-7-5-16-34(36)35-17-6-12-23-41(35)52(50)53)48-39-21-10-8-19-37(39)47(38-20-9-11-22-40(38)48)32-27-28-45-44(30-32)49-33-15-4-3-14-31(33)26-29-46(49)54-45/h3-30H,1-2H3. The third-order valence-corrected chi connectivity index (χ3v) is 12.4. The summed E-state index contributed by atoms with van der Waals surface area (Å²) in [4.78, 5) is 0. The van der Waals surface area contributed by atoms with Crippen LogP contribution in [0.3, 0.4) is 0 Å². The third-order valence-electron chi connectivity index (χ3n) is 12.4. The molecule has 0 unspecified atom stereocenters. The Kier molecular flexibility index (Phi) is 5.90. The molecule has 10 aromatic carbocycles. The predicted octanol–water partition coefficient (Wildman–Crippen LogP) is 15.0. The van der Waals surface area contributed by atoms with Gasteiger partial charge in [-0.3, -0.25) is 0 Å². The summed E-state index contributed by atoms with van der Waals surface area (Å²) in [6, 6.07) is 62.7. The summed E-state index contributed by atoms with van der Waals surface area (Å²) in [5.41, 5.74) is 12.2. The Balaban J connectivity index is 1.17. The van der Waals surface area contributed by atoms with Crippen LogP contribution in [-0.4, -0.2) is 0 Å². The lowest BCUT2D eigenvalue weighted by Crippen LogP contribution is -2.17. The van der Waals surface area contributed by atoms with Gasteiger partial charge in [-0.1, -0.05) is 166 Å². The zero-order chi connectivity index (χ0) is 35.7. The van der Waals surface area contributed by atoms with Crippen LogP contribution in [0.15, 0.2) is 174 Å². The molecule has 0 radical (unpaired) electrons. The van der Waals surface area contributed by atoms with E-state index in [4.69, 9.17) is 4.42 Å². The van der Waals surface area contributed by atoms with Gasteiger partial charge in [-0.2, -0.15) is 0 Å². The molecule has 0 atom stereocenters. The Bertz CT molecular complexity index is 3350. The van der Waals surface area contributed by atoms with E-state index in [9.17, 15) is 0 Å². The van der Waals surface area contributed by atoms with Gasteiger partial charge >= 0.3 is 0 Å². The van der Waals surface area contributed by atoms with E-state index in [1.807, 2.05) is 0 Å². The van der Waals surface area contributed by atoms with E-state index >= 15 is 0 Å². The lowest BCUT2D eigenvalue weighted by atomic mass is 9.75. The van der Waals surface area contributed by atoms with Crippen LogP contribution in [0.4, 0.5) is 0 Å². The molecule has 0 saturated heterocycles. The number of furan rings is 1. The van der Waals surface area contributed by atoms with Crippen LogP contribution >= 0.6 is 0 Å². The second-order valence-corrected chi connectivity index (χ2v) is 15.5. The fourth-order valence-corrected chi connectivity index (χ4v) is 10.3. The van der Waals surface area contributed by atoms with E-state index in [-0.39, 0.29) is 5.41 Å². The molecule has 1 heterocycles. The monoisotopic (exact) mass is 686 g/mol. The molecular formula is C53H34O. The molecule has 1 aromatic heterocycles. The van der Waals surface area contributed by atoms with E-state index in [0.29, 0.717) is 0 Å². The highest BCUT2D eigenvalue weighted by Gasteiger charge is 2.40. The molecule has 252 valence electrons. The van der Waals surface area contributed by atoms with E-state index in [1.165, 1.54) is 104 Å². The first-order valence-electron chi connectivity index (χ1n) is 18.9. The van der Waals surface area contributed by atoms with Crippen molar-refractivity contribution in [3.8, 4) is 33.4 Å². The minimum absolute atomic E-state index is 0.234. The van der Waals surface area contributed by atoms with Gasteiger partial charge in [0.25, 0.3) is 0 Å². The average molecular weight is 687 g/mol. The number of rotatable bonds is 2. The molecular weight excluding hydrogens is 653 g/mol. The molecule has 1 nitrogen and oxygen atoms in total. The van der Waals surface area contributed by atoms with Crippen LogP contribution in [0.2, 0.25) is 0 Å². The van der Waals surface area contributed by atoms with Gasteiger partial charge in [0.1, 0.15) is 11.2 Å². The number of hydrogen-bond donors (Lipinski definition) is 0. The molecule has 0 bridgehead atoms. The van der Waals surface area contributed by atoms with Crippen LogP contribution in [0.25, 0.3) is 109 Å². The van der Waals surface area contributed by atoms with E-state index in [2.05, 4.69) is 184 Å². The normalized spacial score (nSPS) is 13.5. The fraction of sp³-hybridized carbons (Fsp3) is 0.0566. The molecule has 1 aliphatic rings. The molecule has 0 saturated carbocycles. The molecule has 1 aliphatic carbocycles. The molecule has 11 aromatic rings. The summed E-state index contributed by atoms with van der Waals surface area (Å²) in [5.74, 6) is 0. The summed E-state index contributed by atoms with van der Waals surface area (Å²) in [6.45, 7) is 4.88. The number of fused-ring (bicyclic) bond motifs is 15. The van der Waals surface area contributed by atoms with Crippen LogP contribution in [0, 0.1) is 0 Å². The second kappa shape index (κ2) is 10.7. The van der Waals surface area contributed by atoms with E-state index in [0.717, 1.165) is 16.6 Å². The van der Waals surface area contributed by atoms with Crippen molar-refractivity contribution in [1.82, 2.24) is 0 Å². The predicted molar refractivity (Wildman–Crippen MR) is 230 cm³/mol. The SMILES string of the molecule is CC1(C)c2c(-c3c4ccccc4c(-c4ccc5oc6ccc7ccccc7c6c5c4)c4ccccc34)cccc2-c2c1c1ccccc1c1ccccc21. The first-order valence-corrected chi connectivity index (χ1v) is 18.9. The first kappa shape index (κ1) is 29.8. The van der Waals surface area contributed by atoms with Gasteiger partial charge in [-0.05, 0) is 117 Å². The second-order valence-electron chi connectivity index (χ2n) is 15.5. The topological polar surface area (TPSA) is 13.1 Å². The third kappa shape index (κ3) is 3.83. The maximum atomic E-state index is 6.45. The molecule has 0 amide bonds. The van der Waals surface area contributed by atoms with Crippen molar-refractivity contribution in [1.29, 1.82) is 0 Å². The smallest absolute Gasteiger partial charge is 0.136 e. The van der Waals surface area contributed by atoms with Crippen LogP contribution in [-0.2, 0) is 5.41 Å². The quantitative estimate of drug-likeness (QED) is 0.130. The highest BCUT2D eigenvalue weighted by Crippen LogP contribution is 2.58. The summed E-state index contributed by atoms with van der Waals surface area (Å²) >= 11 is 0. The fourth-order valence-electron chi connectivity index (χ4n) is 10.3. The zero-order valence-electron chi connectivity index (χ0n) is 30.1. The van der Waals surface area contributed by atoms with Crippen molar-refractivity contribution in [2.45, 2.75) is 19.3 Å². The van der Waals surface area contributed by atoms with Gasteiger partial charge in [-0.25, -0.2) is 0 Å². The molecule has 0 fully saturated rings. The Morgan fingerprint density at radius 3 is 1.52 bits per heavy atom. The van der Waals surface area contributed by atoms with Gasteiger partial charge in [-0.15, -0.1) is 0 Å². The van der Waals surface area contributed by atoms with Crippen LogP contribution in [0.1, 0.15) is 25.0 Å². The molecule has 0 aliphatic heterocycles. The van der Waals surface area contributed by atoms with Crippen molar-refractivity contribution < 1.29 is 4.42 Å². The summed E-state index contributed by atoms with van der Waals surface area (Å²) in [6.07, 6.45) is 0. The van der Waals surface area contributed by atoms with Crippen molar-refractivity contribution in [2.24, 2.45) is 0 Å². The molecule has 54 heavy (non-hydrogen) atoms. The Morgan fingerprint density at radius 2 is 0.852 bits per heavy atom. The Morgan fingerprint density at radius 1 is 0.352 bits per heavy atom. The minimum Gasteiger partial charge on any atom is -0.456 e. The van der Waals surface area contributed by atoms with Gasteiger partial charge in [0.2, 0.25) is 0 Å².